The minimum atomic E-state index is -0.268. The van der Waals surface area contributed by atoms with Gasteiger partial charge in [0.1, 0.15) is 6.61 Å². The predicted octanol–water partition coefficient (Wildman–Crippen LogP) is 6.27. The van der Waals surface area contributed by atoms with E-state index in [1.165, 1.54) is 5.56 Å². The van der Waals surface area contributed by atoms with Crippen LogP contribution in [0.3, 0.4) is 0 Å². The van der Waals surface area contributed by atoms with Crippen LogP contribution in [0.4, 0.5) is 0 Å². The summed E-state index contributed by atoms with van der Waals surface area (Å²) in [7, 11) is 0. The van der Waals surface area contributed by atoms with Gasteiger partial charge in [0.25, 0.3) is 5.91 Å². The molecule has 0 aliphatic heterocycles. The zero-order valence-corrected chi connectivity index (χ0v) is 23.6. The van der Waals surface area contributed by atoms with Crippen LogP contribution in [0.15, 0.2) is 97.7 Å². The van der Waals surface area contributed by atoms with Crippen LogP contribution >= 0.6 is 11.6 Å². The molecule has 1 atom stereocenters. The first-order valence-electron chi connectivity index (χ1n) is 13.8. The minimum Gasteiger partial charge on any atom is -0.475 e. The van der Waals surface area contributed by atoms with Crippen molar-refractivity contribution >= 4 is 34.2 Å². The first kappa shape index (κ1) is 26.1. The van der Waals surface area contributed by atoms with E-state index >= 15 is 0 Å². The monoisotopic (exact) mass is 574 g/mol. The molecule has 1 amide bonds. The quantitative estimate of drug-likeness (QED) is 0.230. The van der Waals surface area contributed by atoms with Crippen molar-refractivity contribution in [2.24, 2.45) is 0 Å². The smallest absolute Gasteiger partial charge is 0.253 e. The number of aromatic nitrogens is 5. The van der Waals surface area contributed by atoms with E-state index in [2.05, 4.69) is 60.1 Å². The molecule has 8 nitrogen and oxygen atoms in total. The largest absolute Gasteiger partial charge is 0.475 e. The summed E-state index contributed by atoms with van der Waals surface area (Å²) in [6, 6.07) is 21.2. The molecule has 4 aromatic heterocycles. The lowest BCUT2D eigenvalue weighted by molar-refractivity contribution is 0.0926. The average molecular weight is 575 g/mol. The molecule has 0 bridgehead atoms. The Morgan fingerprint density at radius 2 is 1.83 bits per heavy atom. The molecule has 1 fully saturated rings. The highest BCUT2D eigenvalue weighted by atomic mass is 35.5. The van der Waals surface area contributed by atoms with Crippen molar-refractivity contribution < 1.29 is 9.53 Å². The second kappa shape index (κ2) is 10.5. The number of nitrogens with zero attached hydrogens (tertiary/aromatic N) is 5. The Balaban J connectivity index is 1.12. The Hall–Kier alpha value is -4.82. The van der Waals surface area contributed by atoms with Crippen LogP contribution in [-0.4, -0.2) is 42.9 Å². The number of carbonyl (C=O) groups excluding carboxylic acids is 1. The average Bonchev–Trinajstić information content (AvgIpc) is 3.72. The molecule has 1 unspecified atom stereocenters. The van der Waals surface area contributed by atoms with E-state index in [0.717, 1.165) is 40.6 Å². The minimum absolute atomic E-state index is 0.111. The number of nitrogens with one attached hydrogen (secondary N) is 1. The van der Waals surface area contributed by atoms with E-state index in [1.807, 2.05) is 43.6 Å². The van der Waals surface area contributed by atoms with E-state index in [4.69, 9.17) is 16.3 Å². The van der Waals surface area contributed by atoms with Crippen molar-refractivity contribution in [1.82, 2.24) is 29.7 Å². The molecular weight excluding hydrogens is 548 g/mol. The number of ether oxygens (including phenoxy) is 1. The van der Waals surface area contributed by atoms with Crippen LogP contribution in [0, 0.1) is 0 Å². The zero-order chi connectivity index (χ0) is 28.7. The standard InChI is InChI=1S/C33H27ClN6O2/c1-21(20-42-30-6-2-3-13-36-30)39-31(41)26-9-7-22(16-27(26)34)24-17-37-32-38-18-29(40(32)19-24)33(11-12-33)25-8-10-28-23(15-25)5-4-14-35-28/h2-10,13-19,21H,11-12,20H2,1H3,(H,39,41). The lowest BCUT2D eigenvalue weighted by Gasteiger charge is -2.17. The molecule has 42 heavy (non-hydrogen) atoms. The van der Waals surface area contributed by atoms with Crippen molar-refractivity contribution in [3.05, 3.63) is 120 Å². The molecule has 1 aliphatic rings. The Morgan fingerprint density at radius 1 is 0.976 bits per heavy atom. The maximum Gasteiger partial charge on any atom is 0.253 e. The maximum absolute atomic E-state index is 13.0. The van der Waals surface area contributed by atoms with Gasteiger partial charge in [0.2, 0.25) is 11.7 Å². The molecule has 1 saturated carbocycles. The molecule has 1 N–H and O–H groups in total. The van der Waals surface area contributed by atoms with Crippen molar-refractivity contribution in [2.45, 2.75) is 31.2 Å². The Labute approximate surface area is 247 Å². The van der Waals surface area contributed by atoms with Gasteiger partial charge in [0.15, 0.2) is 0 Å². The van der Waals surface area contributed by atoms with Crippen molar-refractivity contribution in [3.63, 3.8) is 0 Å². The predicted molar refractivity (Wildman–Crippen MR) is 162 cm³/mol. The summed E-state index contributed by atoms with van der Waals surface area (Å²) < 4.78 is 7.73. The Bertz CT molecular complexity index is 1940. The molecule has 2 aromatic carbocycles. The van der Waals surface area contributed by atoms with Gasteiger partial charge in [0, 0.05) is 47.2 Å². The van der Waals surface area contributed by atoms with Crippen LogP contribution in [0.1, 0.15) is 41.4 Å². The fraction of sp³-hybridized carbons (Fsp3) is 0.182. The van der Waals surface area contributed by atoms with Gasteiger partial charge >= 0.3 is 0 Å². The highest BCUT2D eigenvalue weighted by molar-refractivity contribution is 6.34. The first-order valence-corrected chi connectivity index (χ1v) is 14.2. The van der Waals surface area contributed by atoms with Gasteiger partial charge in [-0.1, -0.05) is 35.9 Å². The molecule has 9 heteroatoms. The van der Waals surface area contributed by atoms with Crippen LogP contribution in [0.2, 0.25) is 5.02 Å². The highest BCUT2D eigenvalue weighted by Gasteiger charge is 2.48. The molecule has 1 aliphatic carbocycles. The number of pyridine rings is 2. The number of carbonyl (C=O) groups is 1. The molecule has 0 saturated heterocycles. The second-order valence-corrected chi connectivity index (χ2v) is 11.1. The van der Waals surface area contributed by atoms with Gasteiger partial charge in [-0.25, -0.2) is 15.0 Å². The summed E-state index contributed by atoms with van der Waals surface area (Å²) in [6.45, 7) is 2.16. The topological polar surface area (TPSA) is 94.3 Å². The molecule has 4 heterocycles. The van der Waals surface area contributed by atoms with Crippen LogP contribution in [-0.2, 0) is 5.41 Å². The fourth-order valence-electron chi connectivity index (χ4n) is 5.43. The van der Waals surface area contributed by atoms with Gasteiger partial charge in [-0.05, 0) is 67.3 Å². The van der Waals surface area contributed by atoms with Gasteiger partial charge in [0.05, 0.1) is 34.0 Å². The number of amides is 1. The number of fused-ring (bicyclic) bond motifs is 2. The van der Waals surface area contributed by atoms with E-state index in [-0.39, 0.29) is 24.0 Å². The maximum atomic E-state index is 13.0. The van der Waals surface area contributed by atoms with Gasteiger partial charge in [-0.3, -0.25) is 14.2 Å². The van der Waals surface area contributed by atoms with E-state index in [1.54, 1.807) is 30.6 Å². The lowest BCUT2D eigenvalue weighted by atomic mass is 9.91. The third kappa shape index (κ3) is 4.84. The Kier molecular flexibility index (Phi) is 6.55. The second-order valence-electron chi connectivity index (χ2n) is 10.7. The summed E-state index contributed by atoms with van der Waals surface area (Å²) in [4.78, 5) is 30.8. The summed E-state index contributed by atoms with van der Waals surface area (Å²) in [5, 5.41) is 4.43. The number of imidazole rings is 1. The van der Waals surface area contributed by atoms with Gasteiger partial charge in [-0.2, -0.15) is 0 Å². The SMILES string of the molecule is CC(COc1ccccn1)NC(=O)c1ccc(-c2cnc3ncc(C4(c5ccc6ncccc6c5)CC4)n3c2)cc1Cl. The summed E-state index contributed by atoms with van der Waals surface area (Å²) in [6.07, 6.45) is 11.3. The number of rotatable bonds is 8. The van der Waals surface area contributed by atoms with E-state index in [9.17, 15) is 4.79 Å². The zero-order valence-electron chi connectivity index (χ0n) is 22.9. The van der Waals surface area contributed by atoms with E-state index < -0.39 is 0 Å². The summed E-state index contributed by atoms with van der Waals surface area (Å²) in [5.74, 6) is 0.886. The fourth-order valence-corrected chi connectivity index (χ4v) is 5.70. The van der Waals surface area contributed by atoms with E-state index in [0.29, 0.717) is 22.2 Å². The van der Waals surface area contributed by atoms with Crippen molar-refractivity contribution in [1.29, 1.82) is 0 Å². The lowest BCUT2D eigenvalue weighted by Crippen LogP contribution is -2.37. The van der Waals surface area contributed by atoms with Gasteiger partial charge in [-0.15, -0.1) is 0 Å². The van der Waals surface area contributed by atoms with Gasteiger partial charge < -0.3 is 10.1 Å². The highest BCUT2D eigenvalue weighted by Crippen LogP contribution is 2.53. The molecule has 7 rings (SSSR count). The molecule has 6 aromatic rings. The molecule has 208 valence electrons. The molecule has 0 radical (unpaired) electrons. The Morgan fingerprint density at radius 3 is 2.64 bits per heavy atom. The number of hydrogen-bond acceptors (Lipinski definition) is 6. The summed E-state index contributed by atoms with van der Waals surface area (Å²) >= 11 is 6.62. The third-order valence-electron chi connectivity index (χ3n) is 7.80. The van der Waals surface area contributed by atoms with Crippen molar-refractivity contribution in [3.8, 4) is 17.0 Å². The number of hydrogen-bond donors (Lipinski definition) is 1. The van der Waals surface area contributed by atoms with Crippen LogP contribution in [0.25, 0.3) is 27.8 Å². The third-order valence-corrected chi connectivity index (χ3v) is 8.12. The molecule has 0 spiro atoms. The number of benzene rings is 2. The van der Waals surface area contributed by atoms with Crippen molar-refractivity contribution in [2.75, 3.05) is 6.61 Å². The first-order chi connectivity index (χ1) is 20.5. The van der Waals surface area contributed by atoms with Crippen LogP contribution < -0.4 is 10.1 Å². The number of halogens is 1. The normalized spacial score (nSPS) is 14.5. The van der Waals surface area contributed by atoms with Crippen LogP contribution in [0.5, 0.6) is 5.88 Å². The summed E-state index contributed by atoms with van der Waals surface area (Å²) in [5.41, 5.74) is 5.38. The molecular formula is C33H27ClN6O2.